The van der Waals surface area contributed by atoms with Crippen molar-refractivity contribution in [2.75, 3.05) is 0 Å². The minimum absolute atomic E-state index is 0.307. The second-order valence-corrected chi connectivity index (χ2v) is 7.18. The van der Waals surface area contributed by atoms with Gasteiger partial charge in [0.1, 0.15) is 0 Å². The third-order valence-electron chi connectivity index (χ3n) is 3.44. The molecule has 0 amide bonds. The number of benzene rings is 2. The van der Waals surface area contributed by atoms with E-state index in [0.29, 0.717) is 4.90 Å². The molecule has 3 heteroatoms. The Kier molecular flexibility index (Phi) is 5.37. The molecule has 0 aliphatic heterocycles. The molecule has 0 bridgehead atoms. The van der Waals surface area contributed by atoms with E-state index in [9.17, 15) is 8.42 Å². The van der Waals surface area contributed by atoms with Crippen LogP contribution in [0.15, 0.2) is 76.2 Å². The van der Waals surface area contributed by atoms with Crippen molar-refractivity contribution in [3.05, 3.63) is 82.4 Å². The van der Waals surface area contributed by atoms with Crippen molar-refractivity contribution in [1.29, 1.82) is 0 Å². The zero-order chi connectivity index (χ0) is 16.0. The van der Waals surface area contributed by atoms with Gasteiger partial charge in [-0.25, -0.2) is 8.42 Å². The summed E-state index contributed by atoms with van der Waals surface area (Å²) in [6, 6.07) is 17.0. The summed E-state index contributed by atoms with van der Waals surface area (Å²) in [6.45, 7) is 3.84. The smallest absolute Gasteiger partial charge is 0.207 e. The molecule has 0 heterocycles. The van der Waals surface area contributed by atoms with E-state index in [2.05, 4.69) is 17.9 Å². The molecule has 0 N–H and O–H groups in total. The van der Waals surface area contributed by atoms with Crippen molar-refractivity contribution in [1.82, 2.24) is 0 Å². The molecule has 22 heavy (non-hydrogen) atoms. The minimum Gasteiger partial charge on any atom is -0.218 e. The summed E-state index contributed by atoms with van der Waals surface area (Å²) >= 11 is 0. The first-order chi connectivity index (χ1) is 10.5. The number of rotatable bonds is 5. The lowest BCUT2D eigenvalue weighted by Gasteiger charge is -2.00. The number of aryl methyl sites for hydroxylation is 2. The van der Waals surface area contributed by atoms with Crippen LogP contribution < -0.4 is 0 Å². The van der Waals surface area contributed by atoms with E-state index in [1.807, 2.05) is 32.0 Å². The quantitative estimate of drug-likeness (QED) is 0.764. The first-order valence-corrected chi connectivity index (χ1v) is 8.80. The summed E-state index contributed by atoms with van der Waals surface area (Å²) in [5.74, 6) is 0. The van der Waals surface area contributed by atoms with Gasteiger partial charge in [0, 0.05) is 0 Å². The fourth-order valence-electron chi connectivity index (χ4n) is 2.02. The maximum absolute atomic E-state index is 12.2. The van der Waals surface area contributed by atoms with Crippen molar-refractivity contribution in [2.24, 2.45) is 0 Å². The standard InChI is InChI=1S/C19H20O2S/c1-16-9-12-19(13-10-16)22(20,21)15-14-17(2)8-11-18-6-4-3-5-7-18/h3-7,9-10,12-13,15H,8,11H2,1-2H3. The van der Waals surface area contributed by atoms with Gasteiger partial charge in [-0.15, -0.1) is 5.73 Å². The average Bonchev–Trinajstić information content (AvgIpc) is 2.52. The molecule has 2 aromatic rings. The van der Waals surface area contributed by atoms with Crippen molar-refractivity contribution < 1.29 is 8.42 Å². The van der Waals surface area contributed by atoms with Gasteiger partial charge in [0.25, 0.3) is 0 Å². The Labute approximate surface area is 132 Å². The summed E-state index contributed by atoms with van der Waals surface area (Å²) in [7, 11) is -3.41. The molecule has 0 aromatic heterocycles. The Morgan fingerprint density at radius 2 is 1.68 bits per heavy atom. The summed E-state index contributed by atoms with van der Waals surface area (Å²) in [5.41, 5.74) is 6.12. The Morgan fingerprint density at radius 3 is 2.32 bits per heavy atom. The molecule has 0 radical (unpaired) electrons. The highest BCUT2D eigenvalue weighted by Crippen LogP contribution is 2.14. The molecule has 0 saturated heterocycles. The fraction of sp³-hybridized carbons (Fsp3) is 0.211. The lowest BCUT2D eigenvalue weighted by atomic mass is 10.1. The van der Waals surface area contributed by atoms with Gasteiger partial charge in [-0.05, 0) is 50.0 Å². The van der Waals surface area contributed by atoms with Crippen molar-refractivity contribution in [3.63, 3.8) is 0 Å². The van der Waals surface area contributed by atoms with Crippen LogP contribution in [0.1, 0.15) is 24.5 Å². The number of sulfone groups is 1. The summed E-state index contributed by atoms with van der Waals surface area (Å²) in [4.78, 5) is 0.307. The highest BCUT2D eigenvalue weighted by Gasteiger charge is 2.09. The molecule has 0 aliphatic carbocycles. The monoisotopic (exact) mass is 312 g/mol. The first kappa shape index (κ1) is 16.3. The zero-order valence-corrected chi connectivity index (χ0v) is 13.7. The van der Waals surface area contributed by atoms with Crippen LogP contribution in [0.3, 0.4) is 0 Å². The number of allylic oxidation sites excluding steroid dienone is 1. The van der Waals surface area contributed by atoms with Gasteiger partial charge in [0.2, 0.25) is 9.84 Å². The first-order valence-electron chi connectivity index (χ1n) is 7.25. The molecular formula is C19H20O2S. The third-order valence-corrected chi connectivity index (χ3v) is 4.80. The lowest BCUT2D eigenvalue weighted by Crippen LogP contribution is -1.95. The fourth-order valence-corrected chi connectivity index (χ4v) is 3.03. The minimum atomic E-state index is -3.41. The van der Waals surface area contributed by atoms with Gasteiger partial charge in [0.05, 0.1) is 10.3 Å². The molecule has 0 atom stereocenters. The average molecular weight is 312 g/mol. The Bertz CT molecular complexity index is 779. The summed E-state index contributed by atoms with van der Waals surface area (Å²) in [5, 5.41) is 1.18. The molecular weight excluding hydrogens is 292 g/mol. The Balaban J connectivity index is 2.09. The molecule has 0 fully saturated rings. The molecule has 2 aromatic carbocycles. The van der Waals surface area contributed by atoms with Gasteiger partial charge in [-0.1, -0.05) is 48.0 Å². The Hall–Kier alpha value is -2.09. The highest BCUT2D eigenvalue weighted by atomic mass is 32.2. The van der Waals surface area contributed by atoms with Crippen LogP contribution in [-0.2, 0) is 16.3 Å². The highest BCUT2D eigenvalue weighted by molar-refractivity contribution is 7.94. The summed E-state index contributed by atoms with van der Waals surface area (Å²) in [6.07, 6.45) is 1.68. The maximum atomic E-state index is 12.2. The molecule has 0 spiro atoms. The van der Waals surface area contributed by atoms with Crippen LogP contribution >= 0.6 is 0 Å². The van der Waals surface area contributed by atoms with E-state index >= 15 is 0 Å². The van der Waals surface area contributed by atoms with E-state index in [-0.39, 0.29) is 0 Å². The molecule has 0 aliphatic rings. The predicted molar refractivity (Wildman–Crippen MR) is 90.4 cm³/mol. The van der Waals surface area contributed by atoms with Crippen LogP contribution in [-0.4, -0.2) is 8.42 Å². The summed E-state index contributed by atoms with van der Waals surface area (Å²) < 4.78 is 24.4. The van der Waals surface area contributed by atoms with E-state index in [1.165, 1.54) is 11.0 Å². The van der Waals surface area contributed by atoms with Crippen molar-refractivity contribution in [2.45, 2.75) is 31.6 Å². The predicted octanol–water partition coefficient (Wildman–Crippen LogP) is 4.46. The number of hydrogen-bond acceptors (Lipinski definition) is 2. The Morgan fingerprint density at radius 1 is 1.05 bits per heavy atom. The number of hydrogen-bond donors (Lipinski definition) is 0. The molecule has 114 valence electrons. The van der Waals surface area contributed by atoms with E-state index in [4.69, 9.17) is 0 Å². The normalized spacial score (nSPS) is 10.8. The van der Waals surface area contributed by atoms with Crippen LogP contribution in [0, 0.1) is 6.92 Å². The maximum Gasteiger partial charge on any atom is 0.207 e. The van der Waals surface area contributed by atoms with E-state index in [1.54, 1.807) is 24.3 Å². The largest absolute Gasteiger partial charge is 0.218 e. The van der Waals surface area contributed by atoms with Crippen LogP contribution in [0.2, 0.25) is 0 Å². The topological polar surface area (TPSA) is 34.1 Å². The van der Waals surface area contributed by atoms with Crippen molar-refractivity contribution in [3.8, 4) is 0 Å². The van der Waals surface area contributed by atoms with Gasteiger partial charge in [-0.2, -0.15) is 0 Å². The molecule has 0 unspecified atom stereocenters. The lowest BCUT2D eigenvalue weighted by molar-refractivity contribution is 0.604. The third kappa shape index (κ3) is 4.73. The van der Waals surface area contributed by atoms with Crippen molar-refractivity contribution >= 4 is 9.84 Å². The van der Waals surface area contributed by atoms with E-state index in [0.717, 1.165) is 24.0 Å². The SMILES string of the molecule is CC(=C=CS(=O)(=O)c1ccc(C)cc1)CCc1ccccc1. The molecule has 2 rings (SSSR count). The van der Waals surface area contributed by atoms with Gasteiger partial charge >= 0.3 is 0 Å². The van der Waals surface area contributed by atoms with Gasteiger partial charge < -0.3 is 0 Å². The van der Waals surface area contributed by atoms with Crippen LogP contribution in [0.5, 0.6) is 0 Å². The second kappa shape index (κ2) is 7.26. The van der Waals surface area contributed by atoms with Crippen LogP contribution in [0.25, 0.3) is 0 Å². The molecule has 2 nitrogen and oxygen atoms in total. The van der Waals surface area contributed by atoms with Crippen LogP contribution in [0.4, 0.5) is 0 Å². The van der Waals surface area contributed by atoms with Gasteiger partial charge in [-0.3, -0.25) is 0 Å². The zero-order valence-electron chi connectivity index (χ0n) is 12.9. The molecule has 0 saturated carbocycles. The second-order valence-electron chi connectivity index (χ2n) is 5.39. The van der Waals surface area contributed by atoms with E-state index < -0.39 is 9.84 Å². The van der Waals surface area contributed by atoms with Gasteiger partial charge in [0.15, 0.2) is 0 Å².